The highest BCUT2D eigenvalue weighted by molar-refractivity contribution is 5.97. The normalized spacial score (nSPS) is 18.0. The van der Waals surface area contributed by atoms with Crippen molar-refractivity contribution in [3.05, 3.63) is 78.2 Å². The van der Waals surface area contributed by atoms with E-state index in [0.29, 0.717) is 24.3 Å². The molecule has 1 aliphatic heterocycles. The van der Waals surface area contributed by atoms with E-state index in [2.05, 4.69) is 10.5 Å². The van der Waals surface area contributed by atoms with Gasteiger partial charge in [0.15, 0.2) is 11.5 Å². The number of nitrogens with zero attached hydrogens (tertiary/aromatic N) is 2. The van der Waals surface area contributed by atoms with Gasteiger partial charge in [0, 0.05) is 24.2 Å². The largest absolute Gasteiger partial charge is 0.355 e. The van der Waals surface area contributed by atoms with E-state index in [-0.39, 0.29) is 29.4 Å². The second-order valence-corrected chi connectivity index (χ2v) is 7.41. The quantitative estimate of drug-likeness (QED) is 0.679. The minimum atomic E-state index is -0.500. The van der Waals surface area contributed by atoms with Crippen molar-refractivity contribution < 1.29 is 18.5 Å². The molecule has 2 unspecified atom stereocenters. The van der Waals surface area contributed by atoms with Gasteiger partial charge >= 0.3 is 0 Å². The molecule has 0 bridgehead atoms. The molecule has 0 saturated carbocycles. The molecule has 2 heterocycles. The van der Waals surface area contributed by atoms with E-state index in [4.69, 9.17) is 4.52 Å². The molecule has 6 nitrogen and oxygen atoms in total. The first kappa shape index (κ1) is 22.2. The standard InChI is InChI=1S/C18H20FN3O3.C6H6/c1-3-4-15-17(23)20-11(2)10-22(15)18(24)14-9-16(25-21-14)12-5-7-13(19)8-6-12;1-2-4-6-5-3-1/h5-9,11,15H,3-4,10H2,1-2H3,(H,20,23);1-6H. The summed E-state index contributed by atoms with van der Waals surface area (Å²) in [5.41, 5.74) is 0.769. The topological polar surface area (TPSA) is 75.4 Å². The maximum atomic E-state index is 13.0. The molecular weight excluding hydrogens is 397 g/mol. The van der Waals surface area contributed by atoms with Crippen molar-refractivity contribution in [2.24, 2.45) is 0 Å². The van der Waals surface area contributed by atoms with Crippen LogP contribution in [0, 0.1) is 5.82 Å². The summed E-state index contributed by atoms with van der Waals surface area (Å²) in [6, 6.07) is 18.6. The van der Waals surface area contributed by atoms with Crippen molar-refractivity contribution in [3.8, 4) is 11.3 Å². The summed E-state index contributed by atoms with van der Waals surface area (Å²) in [6.45, 7) is 4.25. The molecule has 0 spiro atoms. The second kappa shape index (κ2) is 10.5. The van der Waals surface area contributed by atoms with Crippen LogP contribution >= 0.6 is 0 Å². The molecule has 1 aliphatic rings. The molecule has 4 rings (SSSR count). The SMILES string of the molecule is CCCC1C(=O)NC(C)CN1C(=O)c1cc(-c2ccc(F)cc2)on1.c1ccccc1. The third kappa shape index (κ3) is 5.78. The fourth-order valence-corrected chi connectivity index (χ4v) is 3.39. The Morgan fingerprint density at radius 1 is 1.16 bits per heavy atom. The van der Waals surface area contributed by atoms with Crippen LogP contribution in [0.1, 0.15) is 37.2 Å². The molecule has 2 amide bonds. The Morgan fingerprint density at radius 3 is 2.35 bits per heavy atom. The lowest BCUT2D eigenvalue weighted by atomic mass is 10.0. The van der Waals surface area contributed by atoms with Gasteiger partial charge in [-0.25, -0.2) is 4.39 Å². The van der Waals surface area contributed by atoms with Gasteiger partial charge in [-0.05, 0) is 37.6 Å². The maximum absolute atomic E-state index is 13.0. The van der Waals surface area contributed by atoms with E-state index in [1.807, 2.05) is 50.2 Å². The molecule has 3 aromatic rings. The van der Waals surface area contributed by atoms with Gasteiger partial charge < -0.3 is 14.7 Å². The number of hydrogen-bond donors (Lipinski definition) is 1. The number of amides is 2. The lowest BCUT2D eigenvalue weighted by molar-refractivity contribution is -0.129. The van der Waals surface area contributed by atoms with Gasteiger partial charge in [-0.1, -0.05) is 54.9 Å². The molecule has 1 N–H and O–H groups in total. The van der Waals surface area contributed by atoms with Crippen LogP contribution in [0.25, 0.3) is 11.3 Å². The summed E-state index contributed by atoms with van der Waals surface area (Å²) in [4.78, 5) is 26.6. The third-order valence-electron chi connectivity index (χ3n) is 4.89. The van der Waals surface area contributed by atoms with Gasteiger partial charge in [-0.3, -0.25) is 9.59 Å². The van der Waals surface area contributed by atoms with Crippen molar-refractivity contribution in [1.82, 2.24) is 15.4 Å². The number of rotatable bonds is 4. The fourth-order valence-electron chi connectivity index (χ4n) is 3.39. The molecule has 2 aromatic carbocycles. The molecule has 0 aliphatic carbocycles. The van der Waals surface area contributed by atoms with Gasteiger partial charge in [0.1, 0.15) is 11.9 Å². The molecule has 31 heavy (non-hydrogen) atoms. The monoisotopic (exact) mass is 423 g/mol. The Bertz CT molecular complexity index is 962. The lowest BCUT2D eigenvalue weighted by Crippen LogP contribution is -2.60. The van der Waals surface area contributed by atoms with Crippen molar-refractivity contribution in [1.29, 1.82) is 0 Å². The van der Waals surface area contributed by atoms with E-state index < -0.39 is 6.04 Å². The number of carbonyl (C=O) groups is 2. The number of hydrogen-bond acceptors (Lipinski definition) is 4. The Labute approximate surface area is 181 Å². The summed E-state index contributed by atoms with van der Waals surface area (Å²) < 4.78 is 18.3. The Morgan fingerprint density at radius 2 is 1.77 bits per heavy atom. The first-order valence-electron chi connectivity index (χ1n) is 10.3. The second-order valence-electron chi connectivity index (χ2n) is 7.41. The van der Waals surface area contributed by atoms with Gasteiger partial charge in [-0.15, -0.1) is 0 Å². The average Bonchev–Trinajstić information content (AvgIpc) is 3.27. The number of carbonyl (C=O) groups excluding carboxylic acids is 2. The van der Waals surface area contributed by atoms with Crippen LogP contribution in [0.5, 0.6) is 0 Å². The highest BCUT2D eigenvalue weighted by Crippen LogP contribution is 2.23. The van der Waals surface area contributed by atoms with E-state index >= 15 is 0 Å². The first-order valence-corrected chi connectivity index (χ1v) is 10.3. The number of nitrogens with one attached hydrogen (secondary N) is 1. The molecule has 1 saturated heterocycles. The van der Waals surface area contributed by atoms with Gasteiger partial charge in [-0.2, -0.15) is 0 Å². The van der Waals surface area contributed by atoms with Gasteiger partial charge in [0.25, 0.3) is 5.91 Å². The van der Waals surface area contributed by atoms with Crippen LogP contribution in [0.4, 0.5) is 4.39 Å². The number of aromatic nitrogens is 1. The number of piperazine rings is 1. The average molecular weight is 423 g/mol. The molecule has 7 heteroatoms. The zero-order valence-electron chi connectivity index (χ0n) is 17.6. The maximum Gasteiger partial charge on any atom is 0.276 e. The third-order valence-corrected chi connectivity index (χ3v) is 4.89. The van der Waals surface area contributed by atoms with Crippen molar-refractivity contribution in [2.45, 2.75) is 38.8 Å². The van der Waals surface area contributed by atoms with E-state index in [0.717, 1.165) is 6.42 Å². The van der Waals surface area contributed by atoms with Crippen LogP contribution in [0.2, 0.25) is 0 Å². The van der Waals surface area contributed by atoms with Crippen LogP contribution < -0.4 is 5.32 Å². The fraction of sp³-hybridized carbons (Fsp3) is 0.292. The Balaban J connectivity index is 0.000000391. The highest BCUT2D eigenvalue weighted by atomic mass is 19.1. The molecule has 2 atom stereocenters. The molecular formula is C24H26FN3O3. The van der Waals surface area contributed by atoms with Crippen LogP contribution in [-0.2, 0) is 4.79 Å². The van der Waals surface area contributed by atoms with Crippen molar-refractivity contribution in [2.75, 3.05) is 6.54 Å². The minimum absolute atomic E-state index is 0.118. The van der Waals surface area contributed by atoms with Crippen molar-refractivity contribution >= 4 is 11.8 Å². The van der Waals surface area contributed by atoms with Crippen LogP contribution in [-0.4, -0.2) is 40.5 Å². The number of benzene rings is 2. The van der Waals surface area contributed by atoms with Crippen LogP contribution in [0.15, 0.2) is 71.3 Å². The van der Waals surface area contributed by atoms with E-state index in [9.17, 15) is 14.0 Å². The number of halogens is 1. The summed E-state index contributed by atoms with van der Waals surface area (Å²) in [7, 11) is 0. The Kier molecular flexibility index (Phi) is 7.54. The van der Waals surface area contributed by atoms with Crippen molar-refractivity contribution in [3.63, 3.8) is 0 Å². The molecule has 1 aromatic heterocycles. The minimum Gasteiger partial charge on any atom is -0.355 e. The van der Waals surface area contributed by atoms with Gasteiger partial charge in [0.2, 0.25) is 5.91 Å². The summed E-state index contributed by atoms with van der Waals surface area (Å²) in [6.07, 6.45) is 1.38. The zero-order valence-corrected chi connectivity index (χ0v) is 17.6. The molecule has 1 fully saturated rings. The zero-order chi connectivity index (χ0) is 22.2. The highest BCUT2D eigenvalue weighted by Gasteiger charge is 2.36. The smallest absolute Gasteiger partial charge is 0.276 e. The summed E-state index contributed by atoms with van der Waals surface area (Å²) in [5, 5.41) is 6.72. The predicted molar refractivity (Wildman–Crippen MR) is 116 cm³/mol. The van der Waals surface area contributed by atoms with Gasteiger partial charge in [0.05, 0.1) is 0 Å². The molecule has 162 valence electrons. The first-order chi connectivity index (χ1) is 15.0. The molecule has 0 radical (unpaired) electrons. The van der Waals surface area contributed by atoms with E-state index in [1.165, 1.54) is 18.2 Å². The Hall–Kier alpha value is -3.48. The lowest BCUT2D eigenvalue weighted by Gasteiger charge is -2.37. The summed E-state index contributed by atoms with van der Waals surface area (Å²) >= 11 is 0. The van der Waals surface area contributed by atoms with Crippen LogP contribution in [0.3, 0.4) is 0 Å². The van der Waals surface area contributed by atoms with E-state index in [1.54, 1.807) is 17.0 Å². The summed E-state index contributed by atoms with van der Waals surface area (Å²) in [5.74, 6) is -0.450. The predicted octanol–water partition coefficient (Wildman–Crippen LogP) is 4.30.